The van der Waals surface area contributed by atoms with Gasteiger partial charge in [-0.05, 0) is 71.8 Å². The maximum absolute atomic E-state index is 4.38. The Morgan fingerprint density at radius 1 is 1.33 bits per heavy atom. The molecule has 0 aromatic carbocycles. The molecule has 1 aliphatic heterocycles. The van der Waals surface area contributed by atoms with Crippen LogP contribution in [-0.4, -0.2) is 75.2 Å². The minimum Gasteiger partial charge on any atom is -0.356 e. The first kappa shape index (κ1) is 23.9. The molecule has 1 aliphatic rings. The first-order valence-electron chi connectivity index (χ1n) is 9.47. The van der Waals surface area contributed by atoms with Gasteiger partial charge in [0, 0.05) is 26.2 Å². The largest absolute Gasteiger partial charge is 0.356 e. The van der Waals surface area contributed by atoms with Gasteiger partial charge in [0.2, 0.25) is 0 Å². The van der Waals surface area contributed by atoms with Crippen LogP contribution in [0.2, 0.25) is 0 Å². The van der Waals surface area contributed by atoms with E-state index in [1.165, 1.54) is 45.3 Å². The van der Waals surface area contributed by atoms with Crippen LogP contribution in [0.1, 0.15) is 46.5 Å². The molecule has 0 aliphatic carbocycles. The Kier molecular flexibility index (Phi) is 14.1. The molecule has 1 fully saturated rings. The standard InChI is InChI=1S/C18H39N5.HI/c1-6-23(7-2)13-8-10-16(3)21-18(19-4)20-14-17-11-9-12-22(5)15-17;/h16-17H,6-15H2,1-5H3,(H2,19,20,21);1H. The number of rotatable bonds is 9. The second kappa shape index (κ2) is 14.1. The summed E-state index contributed by atoms with van der Waals surface area (Å²) < 4.78 is 0. The molecule has 0 saturated carbocycles. The minimum atomic E-state index is 0. The number of halogens is 1. The van der Waals surface area contributed by atoms with Crippen LogP contribution in [0.4, 0.5) is 0 Å². The van der Waals surface area contributed by atoms with Gasteiger partial charge in [0.05, 0.1) is 0 Å². The zero-order chi connectivity index (χ0) is 17.1. The normalized spacial score (nSPS) is 20.6. The molecule has 1 heterocycles. The van der Waals surface area contributed by atoms with Crippen LogP contribution in [0.25, 0.3) is 0 Å². The van der Waals surface area contributed by atoms with Gasteiger partial charge in [-0.1, -0.05) is 13.8 Å². The highest BCUT2D eigenvalue weighted by Gasteiger charge is 2.17. The molecule has 0 amide bonds. The molecule has 1 saturated heterocycles. The fraction of sp³-hybridized carbons (Fsp3) is 0.944. The number of aliphatic imine (C=N–C) groups is 1. The molecule has 5 nitrogen and oxygen atoms in total. The SMILES string of the molecule is CCN(CC)CCCC(C)NC(=NC)NCC1CCCN(C)C1.I. The predicted octanol–water partition coefficient (Wildman–Crippen LogP) is 2.62. The Hall–Kier alpha value is -0.0800. The zero-order valence-electron chi connectivity index (χ0n) is 16.5. The van der Waals surface area contributed by atoms with E-state index in [1.54, 1.807) is 0 Å². The molecule has 2 unspecified atom stereocenters. The lowest BCUT2D eigenvalue weighted by molar-refractivity contribution is 0.210. The number of likely N-dealkylation sites (tertiary alicyclic amines) is 1. The molecule has 24 heavy (non-hydrogen) atoms. The molecular formula is C18H40IN5. The van der Waals surface area contributed by atoms with Crippen molar-refractivity contribution in [1.82, 2.24) is 20.4 Å². The molecule has 0 bridgehead atoms. The third kappa shape index (κ3) is 10.0. The number of piperidine rings is 1. The molecule has 144 valence electrons. The Balaban J connectivity index is 0.00000529. The summed E-state index contributed by atoms with van der Waals surface area (Å²) in [5, 5.41) is 7.05. The van der Waals surface area contributed by atoms with E-state index < -0.39 is 0 Å². The van der Waals surface area contributed by atoms with Crippen LogP contribution < -0.4 is 10.6 Å². The van der Waals surface area contributed by atoms with Crippen LogP contribution in [-0.2, 0) is 0 Å². The summed E-state index contributed by atoms with van der Waals surface area (Å²) in [7, 11) is 4.09. The van der Waals surface area contributed by atoms with Crippen molar-refractivity contribution in [2.45, 2.75) is 52.5 Å². The summed E-state index contributed by atoms with van der Waals surface area (Å²) in [5.41, 5.74) is 0. The molecule has 0 aromatic rings. The van der Waals surface area contributed by atoms with E-state index in [4.69, 9.17) is 0 Å². The fourth-order valence-electron chi connectivity index (χ4n) is 3.34. The van der Waals surface area contributed by atoms with E-state index in [-0.39, 0.29) is 24.0 Å². The minimum absolute atomic E-state index is 0. The van der Waals surface area contributed by atoms with Crippen molar-refractivity contribution in [3.8, 4) is 0 Å². The second-order valence-corrected chi connectivity index (χ2v) is 6.94. The Bertz CT molecular complexity index is 333. The molecule has 0 aromatic heterocycles. The van der Waals surface area contributed by atoms with Crippen molar-refractivity contribution >= 4 is 29.9 Å². The van der Waals surface area contributed by atoms with E-state index in [0.717, 1.165) is 31.5 Å². The molecule has 0 radical (unpaired) electrons. The van der Waals surface area contributed by atoms with Crippen molar-refractivity contribution < 1.29 is 0 Å². The highest BCUT2D eigenvalue weighted by molar-refractivity contribution is 14.0. The van der Waals surface area contributed by atoms with E-state index in [0.29, 0.717) is 6.04 Å². The first-order chi connectivity index (χ1) is 11.1. The van der Waals surface area contributed by atoms with Gasteiger partial charge < -0.3 is 20.4 Å². The predicted molar refractivity (Wildman–Crippen MR) is 117 cm³/mol. The van der Waals surface area contributed by atoms with Gasteiger partial charge in [-0.3, -0.25) is 4.99 Å². The van der Waals surface area contributed by atoms with Crippen LogP contribution in [0.15, 0.2) is 4.99 Å². The Morgan fingerprint density at radius 2 is 2.04 bits per heavy atom. The van der Waals surface area contributed by atoms with E-state index in [1.807, 2.05) is 7.05 Å². The van der Waals surface area contributed by atoms with Gasteiger partial charge in [0.25, 0.3) is 0 Å². The summed E-state index contributed by atoms with van der Waals surface area (Å²) in [6.45, 7) is 13.7. The molecule has 2 atom stereocenters. The van der Waals surface area contributed by atoms with E-state index in [2.05, 4.69) is 53.2 Å². The first-order valence-corrected chi connectivity index (χ1v) is 9.47. The van der Waals surface area contributed by atoms with Gasteiger partial charge in [-0.2, -0.15) is 0 Å². The van der Waals surface area contributed by atoms with Crippen LogP contribution in [0.5, 0.6) is 0 Å². The highest BCUT2D eigenvalue weighted by atomic mass is 127. The molecule has 2 N–H and O–H groups in total. The maximum Gasteiger partial charge on any atom is 0.191 e. The van der Waals surface area contributed by atoms with Crippen molar-refractivity contribution in [3.05, 3.63) is 0 Å². The van der Waals surface area contributed by atoms with Crippen molar-refractivity contribution in [3.63, 3.8) is 0 Å². The lowest BCUT2D eigenvalue weighted by Crippen LogP contribution is -2.46. The van der Waals surface area contributed by atoms with Crippen LogP contribution >= 0.6 is 24.0 Å². The monoisotopic (exact) mass is 453 g/mol. The average Bonchev–Trinajstić information content (AvgIpc) is 2.55. The van der Waals surface area contributed by atoms with Crippen molar-refractivity contribution in [2.75, 3.05) is 53.4 Å². The van der Waals surface area contributed by atoms with Crippen molar-refractivity contribution in [1.29, 1.82) is 0 Å². The Labute approximate surface area is 167 Å². The topological polar surface area (TPSA) is 42.9 Å². The number of hydrogen-bond acceptors (Lipinski definition) is 3. The van der Waals surface area contributed by atoms with E-state index >= 15 is 0 Å². The summed E-state index contributed by atoms with van der Waals surface area (Å²) in [4.78, 5) is 9.30. The third-order valence-electron chi connectivity index (χ3n) is 4.89. The van der Waals surface area contributed by atoms with Gasteiger partial charge in [-0.25, -0.2) is 0 Å². The molecule has 1 rings (SSSR count). The molecule has 0 spiro atoms. The quantitative estimate of drug-likeness (QED) is 0.320. The summed E-state index contributed by atoms with van der Waals surface area (Å²) in [5.74, 6) is 1.69. The number of hydrogen-bond donors (Lipinski definition) is 2. The second-order valence-electron chi connectivity index (χ2n) is 6.94. The Morgan fingerprint density at radius 3 is 2.62 bits per heavy atom. The zero-order valence-corrected chi connectivity index (χ0v) is 18.8. The van der Waals surface area contributed by atoms with Crippen LogP contribution in [0, 0.1) is 5.92 Å². The lowest BCUT2D eigenvalue weighted by Gasteiger charge is -2.30. The van der Waals surface area contributed by atoms with Gasteiger partial charge >= 0.3 is 0 Å². The fourth-order valence-corrected chi connectivity index (χ4v) is 3.34. The number of guanidine groups is 1. The summed E-state index contributed by atoms with van der Waals surface area (Å²) >= 11 is 0. The smallest absolute Gasteiger partial charge is 0.191 e. The molecule has 6 heteroatoms. The number of nitrogens with one attached hydrogen (secondary N) is 2. The van der Waals surface area contributed by atoms with Crippen LogP contribution in [0.3, 0.4) is 0 Å². The highest BCUT2D eigenvalue weighted by Crippen LogP contribution is 2.13. The van der Waals surface area contributed by atoms with Crippen molar-refractivity contribution in [2.24, 2.45) is 10.9 Å². The maximum atomic E-state index is 4.38. The average molecular weight is 453 g/mol. The summed E-state index contributed by atoms with van der Waals surface area (Å²) in [6.07, 6.45) is 5.06. The number of nitrogens with zero attached hydrogens (tertiary/aromatic N) is 3. The third-order valence-corrected chi connectivity index (χ3v) is 4.89. The van der Waals surface area contributed by atoms with Gasteiger partial charge in [0.1, 0.15) is 0 Å². The van der Waals surface area contributed by atoms with E-state index in [9.17, 15) is 0 Å². The molecular weight excluding hydrogens is 413 g/mol. The summed E-state index contributed by atoms with van der Waals surface area (Å²) in [6, 6.07) is 0.464. The lowest BCUT2D eigenvalue weighted by atomic mass is 9.98. The van der Waals surface area contributed by atoms with Gasteiger partial charge in [0.15, 0.2) is 5.96 Å². The van der Waals surface area contributed by atoms with Gasteiger partial charge in [-0.15, -0.1) is 24.0 Å².